The van der Waals surface area contributed by atoms with Crippen LogP contribution in [0.3, 0.4) is 0 Å². The summed E-state index contributed by atoms with van der Waals surface area (Å²) in [6.07, 6.45) is 0. The Balaban J connectivity index is 0.00000280. The maximum atomic E-state index is 13.0. The Bertz CT molecular complexity index is 763. The summed E-state index contributed by atoms with van der Waals surface area (Å²) < 4.78 is 18.2. The third-order valence-corrected chi connectivity index (χ3v) is 4.60. The fraction of sp³-hybridized carbons (Fsp3) is 0.350. The van der Waals surface area contributed by atoms with Crippen LogP contribution in [0.5, 0.6) is 5.75 Å². The number of aliphatic imine (C=N–C) groups is 1. The molecule has 2 aromatic carbocycles. The van der Waals surface area contributed by atoms with E-state index in [2.05, 4.69) is 20.1 Å². The van der Waals surface area contributed by atoms with Crippen LogP contribution in [0.15, 0.2) is 53.5 Å². The lowest BCUT2D eigenvalue weighted by molar-refractivity contribution is 0.265. The Morgan fingerprint density at radius 3 is 2.54 bits per heavy atom. The number of hydrogen-bond donors (Lipinski definition) is 2. The molecular weight excluding hydrogens is 472 g/mol. The minimum absolute atomic E-state index is 0. The van der Waals surface area contributed by atoms with Crippen molar-refractivity contribution in [3.05, 3.63) is 54.3 Å². The lowest BCUT2D eigenvalue weighted by Crippen LogP contribution is -2.47. The van der Waals surface area contributed by atoms with Crippen LogP contribution in [-0.2, 0) is 0 Å². The van der Waals surface area contributed by atoms with Crippen LogP contribution in [0.25, 0.3) is 0 Å². The van der Waals surface area contributed by atoms with Crippen LogP contribution in [0.1, 0.15) is 0 Å². The molecule has 6 nitrogen and oxygen atoms in total. The standard InChI is InChI=1S/C20H26FN5O.HI/c1-27-19-4-2-3-17(15-19)24-20(22)23-9-10-25-11-13-26(14-12-25)18-7-5-16(21)6-8-18;/h2-8,15H,9-14H2,1H3,(H3,22,23,24);1H. The molecule has 0 aromatic heterocycles. The predicted octanol–water partition coefficient (Wildman–Crippen LogP) is 3.00. The van der Waals surface area contributed by atoms with E-state index in [1.807, 2.05) is 36.4 Å². The van der Waals surface area contributed by atoms with E-state index < -0.39 is 0 Å². The van der Waals surface area contributed by atoms with Gasteiger partial charge >= 0.3 is 0 Å². The van der Waals surface area contributed by atoms with Gasteiger partial charge in [-0.2, -0.15) is 0 Å². The Labute approximate surface area is 182 Å². The van der Waals surface area contributed by atoms with Gasteiger partial charge in [0, 0.05) is 50.2 Å². The van der Waals surface area contributed by atoms with E-state index in [1.165, 1.54) is 12.1 Å². The Morgan fingerprint density at radius 2 is 1.86 bits per heavy atom. The van der Waals surface area contributed by atoms with Crippen molar-refractivity contribution in [1.29, 1.82) is 0 Å². The first-order valence-electron chi connectivity index (χ1n) is 9.08. The van der Waals surface area contributed by atoms with Gasteiger partial charge in [-0.25, -0.2) is 4.39 Å². The molecule has 1 saturated heterocycles. The van der Waals surface area contributed by atoms with Crippen LogP contribution in [0.4, 0.5) is 15.8 Å². The summed E-state index contributed by atoms with van der Waals surface area (Å²) in [6, 6.07) is 14.2. The van der Waals surface area contributed by atoms with Crippen molar-refractivity contribution < 1.29 is 9.13 Å². The summed E-state index contributed by atoms with van der Waals surface area (Å²) in [5, 5.41) is 3.08. The van der Waals surface area contributed by atoms with Gasteiger partial charge < -0.3 is 20.7 Å². The van der Waals surface area contributed by atoms with E-state index >= 15 is 0 Å². The van der Waals surface area contributed by atoms with E-state index in [-0.39, 0.29) is 29.8 Å². The molecule has 8 heteroatoms. The summed E-state index contributed by atoms with van der Waals surface area (Å²) in [5.41, 5.74) is 7.88. The normalized spacial score (nSPS) is 15.1. The average molecular weight is 499 g/mol. The zero-order chi connectivity index (χ0) is 19.1. The number of ether oxygens (including phenoxy) is 1. The van der Waals surface area contributed by atoms with Crippen LogP contribution in [0.2, 0.25) is 0 Å². The van der Waals surface area contributed by atoms with Crippen LogP contribution < -0.4 is 20.7 Å². The molecule has 0 spiro atoms. The van der Waals surface area contributed by atoms with Crippen LogP contribution >= 0.6 is 24.0 Å². The zero-order valence-corrected chi connectivity index (χ0v) is 18.3. The van der Waals surface area contributed by atoms with Gasteiger partial charge in [0.2, 0.25) is 0 Å². The average Bonchev–Trinajstić information content (AvgIpc) is 2.69. The topological polar surface area (TPSA) is 66.1 Å². The number of piperazine rings is 1. The number of methoxy groups -OCH3 is 1. The number of anilines is 2. The number of halogens is 2. The number of rotatable bonds is 6. The maximum absolute atomic E-state index is 13.0. The van der Waals surface area contributed by atoms with Crippen molar-refractivity contribution in [3.63, 3.8) is 0 Å². The summed E-state index contributed by atoms with van der Waals surface area (Å²) in [5.74, 6) is 0.968. The second-order valence-electron chi connectivity index (χ2n) is 6.43. The maximum Gasteiger partial charge on any atom is 0.193 e. The Hall–Kier alpha value is -2.07. The zero-order valence-electron chi connectivity index (χ0n) is 16.0. The third kappa shape index (κ3) is 6.52. The molecule has 152 valence electrons. The summed E-state index contributed by atoms with van der Waals surface area (Å²) in [6.45, 7) is 5.25. The highest BCUT2D eigenvalue weighted by Crippen LogP contribution is 2.17. The molecule has 0 saturated carbocycles. The number of benzene rings is 2. The molecule has 3 N–H and O–H groups in total. The van der Waals surface area contributed by atoms with E-state index in [0.29, 0.717) is 12.5 Å². The van der Waals surface area contributed by atoms with Crippen molar-refractivity contribution in [2.24, 2.45) is 10.7 Å². The number of nitrogens with two attached hydrogens (primary N) is 1. The summed E-state index contributed by atoms with van der Waals surface area (Å²) >= 11 is 0. The third-order valence-electron chi connectivity index (χ3n) is 4.60. The smallest absolute Gasteiger partial charge is 0.193 e. The molecule has 0 aliphatic carbocycles. The Morgan fingerprint density at radius 1 is 1.14 bits per heavy atom. The number of nitrogens with zero attached hydrogens (tertiary/aromatic N) is 3. The molecule has 3 rings (SSSR count). The van der Waals surface area contributed by atoms with Gasteiger partial charge in [0.25, 0.3) is 0 Å². The van der Waals surface area contributed by atoms with Crippen molar-refractivity contribution in [2.45, 2.75) is 0 Å². The first-order chi connectivity index (χ1) is 13.1. The van der Waals surface area contributed by atoms with Crippen LogP contribution in [0, 0.1) is 5.82 Å². The van der Waals surface area contributed by atoms with Crippen molar-refractivity contribution >= 4 is 41.3 Å². The number of hydrogen-bond acceptors (Lipinski definition) is 4. The molecule has 0 unspecified atom stereocenters. The summed E-state index contributed by atoms with van der Waals surface area (Å²) in [4.78, 5) is 9.04. The molecule has 0 bridgehead atoms. The molecule has 0 atom stereocenters. The molecule has 1 fully saturated rings. The largest absolute Gasteiger partial charge is 0.497 e. The highest BCUT2D eigenvalue weighted by Gasteiger charge is 2.16. The van der Waals surface area contributed by atoms with E-state index in [4.69, 9.17) is 10.5 Å². The molecule has 1 heterocycles. The van der Waals surface area contributed by atoms with E-state index in [0.717, 1.165) is 49.8 Å². The molecule has 28 heavy (non-hydrogen) atoms. The SMILES string of the molecule is COc1cccc(NC(N)=NCCN2CCN(c3ccc(F)cc3)CC2)c1.I. The molecule has 1 aliphatic heterocycles. The van der Waals surface area contributed by atoms with Gasteiger partial charge in [0.05, 0.1) is 13.7 Å². The van der Waals surface area contributed by atoms with Crippen molar-refractivity contribution in [2.75, 3.05) is 56.6 Å². The van der Waals surface area contributed by atoms with Gasteiger partial charge in [0.15, 0.2) is 5.96 Å². The van der Waals surface area contributed by atoms with Gasteiger partial charge in [-0.3, -0.25) is 9.89 Å². The van der Waals surface area contributed by atoms with Gasteiger partial charge in [-0.1, -0.05) is 6.07 Å². The fourth-order valence-corrected chi connectivity index (χ4v) is 3.08. The quantitative estimate of drug-likeness (QED) is 0.364. The van der Waals surface area contributed by atoms with Gasteiger partial charge in [-0.15, -0.1) is 24.0 Å². The summed E-state index contributed by atoms with van der Waals surface area (Å²) in [7, 11) is 1.63. The Kier molecular flexibility index (Phi) is 8.78. The van der Waals surface area contributed by atoms with Crippen LogP contribution in [-0.4, -0.2) is 57.2 Å². The lowest BCUT2D eigenvalue weighted by Gasteiger charge is -2.35. The van der Waals surface area contributed by atoms with Gasteiger partial charge in [0.1, 0.15) is 11.6 Å². The second kappa shape index (κ2) is 11.1. The number of nitrogens with one attached hydrogen (secondary N) is 1. The van der Waals surface area contributed by atoms with Gasteiger partial charge in [-0.05, 0) is 36.4 Å². The predicted molar refractivity (Wildman–Crippen MR) is 124 cm³/mol. The second-order valence-corrected chi connectivity index (χ2v) is 6.43. The first-order valence-corrected chi connectivity index (χ1v) is 9.08. The first kappa shape index (κ1) is 22.2. The monoisotopic (exact) mass is 499 g/mol. The number of guanidine groups is 1. The highest BCUT2D eigenvalue weighted by atomic mass is 127. The molecular formula is C20H27FIN5O. The molecule has 0 amide bonds. The lowest BCUT2D eigenvalue weighted by atomic mass is 10.2. The molecule has 0 radical (unpaired) electrons. The minimum atomic E-state index is -0.199. The fourth-order valence-electron chi connectivity index (χ4n) is 3.08. The molecule has 1 aliphatic rings. The van der Waals surface area contributed by atoms with Crippen molar-refractivity contribution in [3.8, 4) is 5.75 Å². The molecule has 2 aromatic rings. The van der Waals surface area contributed by atoms with Crippen molar-refractivity contribution in [1.82, 2.24) is 4.90 Å². The minimum Gasteiger partial charge on any atom is -0.497 e. The highest BCUT2D eigenvalue weighted by molar-refractivity contribution is 14.0. The van der Waals surface area contributed by atoms with E-state index in [9.17, 15) is 4.39 Å². The van der Waals surface area contributed by atoms with E-state index in [1.54, 1.807) is 7.11 Å².